The van der Waals surface area contributed by atoms with E-state index in [1.165, 1.54) is 6.08 Å². The Morgan fingerprint density at radius 3 is 2.71 bits per heavy atom. The molecule has 1 rings (SSSR count). The van der Waals surface area contributed by atoms with Gasteiger partial charge < -0.3 is 10.5 Å². The molecule has 1 heterocycles. The van der Waals surface area contributed by atoms with Crippen molar-refractivity contribution in [3.8, 4) is 0 Å². The number of aryl methyl sites for hydroxylation is 1. The number of aromatic nitrogens is 1. The zero-order chi connectivity index (χ0) is 10.6. The molecular weight excluding hydrogens is 180 g/mol. The predicted molar refractivity (Wildman–Crippen MR) is 53.4 cm³/mol. The number of pyridine rings is 1. The Morgan fingerprint density at radius 2 is 2.29 bits per heavy atom. The molecule has 0 amide bonds. The second kappa shape index (κ2) is 4.32. The summed E-state index contributed by atoms with van der Waals surface area (Å²) in [4.78, 5) is 14.6. The number of hydrogen-bond donors (Lipinski definition) is 2. The molecule has 4 heteroatoms. The molecule has 0 fully saturated rings. The lowest BCUT2D eigenvalue weighted by atomic mass is 10.2. The van der Waals surface area contributed by atoms with Crippen molar-refractivity contribution >= 4 is 18.3 Å². The average molecular weight is 190 g/mol. The highest BCUT2D eigenvalue weighted by Gasteiger charge is 2.03. The van der Waals surface area contributed by atoms with Crippen LogP contribution in [0.4, 0.5) is 0 Å². The topological polar surface area (TPSA) is 74.0 Å². The molecule has 0 aliphatic heterocycles. The number of rotatable bonds is 3. The van der Waals surface area contributed by atoms with Crippen LogP contribution in [0.2, 0.25) is 0 Å². The normalized spacial score (nSPS) is 11.1. The lowest BCUT2D eigenvalue weighted by Gasteiger charge is -1.95. The molecule has 0 radical (unpaired) electrons. The minimum Gasteiger partial charge on any atom is -0.478 e. The molecule has 0 aliphatic carbocycles. The fourth-order valence-corrected chi connectivity index (χ4v) is 0.889. The minimum atomic E-state index is -1.12. The van der Waals surface area contributed by atoms with E-state index in [2.05, 4.69) is 4.98 Å². The molecule has 0 atom stereocenters. The second-order valence-electron chi connectivity index (χ2n) is 2.81. The highest BCUT2D eigenvalue weighted by molar-refractivity contribution is 6.11. The van der Waals surface area contributed by atoms with E-state index in [1.807, 2.05) is 13.0 Å². The van der Waals surface area contributed by atoms with Crippen LogP contribution in [0.15, 0.2) is 23.9 Å². The Balaban J connectivity index is 3.01. The van der Waals surface area contributed by atoms with Gasteiger partial charge in [-0.1, -0.05) is 6.07 Å². The second-order valence-corrected chi connectivity index (χ2v) is 2.81. The summed E-state index contributed by atoms with van der Waals surface area (Å²) in [6.07, 6.45) is 3.80. The van der Waals surface area contributed by atoms with Crippen molar-refractivity contribution in [2.24, 2.45) is 0 Å². The smallest absolute Gasteiger partial charge is 0.337 e. The quantitative estimate of drug-likeness (QED) is 0.560. The van der Waals surface area contributed by atoms with E-state index in [1.54, 1.807) is 12.3 Å². The fourth-order valence-electron chi connectivity index (χ4n) is 0.889. The van der Waals surface area contributed by atoms with Crippen molar-refractivity contribution in [1.29, 1.82) is 5.41 Å². The van der Waals surface area contributed by atoms with E-state index in [0.29, 0.717) is 5.69 Å². The first-order chi connectivity index (χ1) is 6.63. The van der Waals surface area contributed by atoms with E-state index in [9.17, 15) is 4.79 Å². The Bertz CT molecular complexity index is 380. The highest BCUT2D eigenvalue weighted by atomic mass is 16.4. The third kappa shape index (κ3) is 2.52. The molecule has 0 aliphatic rings. The van der Waals surface area contributed by atoms with E-state index in [0.717, 1.165) is 11.8 Å². The van der Waals surface area contributed by atoms with Crippen LogP contribution < -0.4 is 0 Å². The minimum absolute atomic E-state index is 0.0821. The molecule has 0 spiro atoms. The van der Waals surface area contributed by atoms with Gasteiger partial charge >= 0.3 is 5.97 Å². The first-order valence-electron chi connectivity index (χ1n) is 4.01. The molecule has 1 aromatic heterocycles. The summed E-state index contributed by atoms with van der Waals surface area (Å²) in [5.74, 6) is -1.12. The van der Waals surface area contributed by atoms with Gasteiger partial charge in [0.05, 0.1) is 11.3 Å². The Morgan fingerprint density at radius 1 is 1.57 bits per heavy atom. The number of hydrogen-bond acceptors (Lipinski definition) is 3. The van der Waals surface area contributed by atoms with Gasteiger partial charge in [0.1, 0.15) is 0 Å². The van der Waals surface area contributed by atoms with Crippen LogP contribution in [0, 0.1) is 12.3 Å². The number of carboxylic acid groups (broad SMARTS) is 1. The zero-order valence-corrected chi connectivity index (χ0v) is 7.69. The highest BCUT2D eigenvalue weighted by Crippen LogP contribution is 2.04. The lowest BCUT2D eigenvalue weighted by molar-refractivity contribution is -0.131. The van der Waals surface area contributed by atoms with Gasteiger partial charge in [0.25, 0.3) is 0 Å². The number of nitrogens with one attached hydrogen (secondary N) is 1. The summed E-state index contributed by atoms with van der Waals surface area (Å²) >= 11 is 0. The molecule has 4 nitrogen and oxygen atoms in total. The molecule has 1 aromatic rings. The third-order valence-electron chi connectivity index (χ3n) is 1.64. The Hall–Kier alpha value is -1.97. The number of aliphatic carboxylic acids is 1. The molecule has 0 bridgehead atoms. The maximum Gasteiger partial charge on any atom is 0.337 e. The number of carboxylic acids is 1. The van der Waals surface area contributed by atoms with Crippen LogP contribution in [0.1, 0.15) is 11.3 Å². The van der Waals surface area contributed by atoms with Gasteiger partial charge in [-0.15, -0.1) is 0 Å². The summed E-state index contributed by atoms with van der Waals surface area (Å²) < 4.78 is 0. The average Bonchev–Trinajstić information content (AvgIpc) is 2.16. The Kier molecular flexibility index (Phi) is 3.12. The maximum atomic E-state index is 10.6. The van der Waals surface area contributed by atoms with Crippen LogP contribution in [-0.2, 0) is 4.79 Å². The van der Waals surface area contributed by atoms with E-state index >= 15 is 0 Å². The first kappa shape index (κ1) is 10.1. The van der Waals surface area contributed by atoms with Gasteiger partial charge in [-0.2, -0.15) is 0 Å². The fraction of sp³-hybridized carbons (Fsp3) is 0.100. The molecule has 0 saturated heterocycles. The van der Waals surface area contributed by atoms with Crippen LogP contribution in [0.3, 0.4) is 0 Å². The largest absolute Gasteiger partial charge is 0.478 e. The summed E-state index contributed by atoms with van der Waals surface area (Å²) in [6.45, 7) is 1.90. The molecule has 2 N–H and O–H groups in total. The van der Waals surface area contributed by atoms with E-state index in [-0.39, 0.29) is 5.57 Å². The van der Waals surface area contributed by atoms with Crippen molar-refractivity contribution in [2.75, 3.05) is 0 Å². The monoisotopic (exact) mass is 190 g/mol. The first-order valence-corrected chi connectivity index (χ1v) is 4.01. The van der Waals surface area contributed by atoms with Crippen molar-refractivity contribution in [1.82, 2.24) is 4.98 Å². The van der Waals surface area contributed by atoms with E-state index in [4.69, 9.17) is 10.5 Å². The summed E-state index contributed by atoms with van der Waals surface area (Å²) in [6, 6.07) is 3.55. The Labute approximate surface area is 81.4 Å². The number of carbonyl (C=O) groups is 1. The SMILES string of the molecule is Cc1ccc(/C=C(\C=N)C(=O)O)nc1. The third-order valence-corrected chi connectivity index (χ3v) is 1.64. The summed E-state index contributed by atoms with van der Waals surface area (Å²) in [5, 5.41) is 15.5. The van der Waals surface area contributed by atoms with Gasteiger partial charge in [0.2, 0.25) is 0 Å². The van der Waals surface area contributed by atoms with Crippen LogP contribution >= 0.6 is 0 Å². The summed E-state index contributed by atoms with van der Waals surface area (Å²) in [7, 11) is 0. The van der Waals surface area contributed by atoms with E-state index < -0.39 is 5.97 Å². The standard InChI is InChI=1S/C10H10N2O2/c1-7-2-3-9(12-6-7)4-8(5-11)10(13)14/h2-6,11H,1H3,(H,13,14)/b8-4+,11-5?. The van der Waals surface area contributed by atoms with Gasteiger partial charge in [-0.3, -0.25) is 4.98 Å². The number of nitrogens with zero attached hydrogens (tertiary/aromatic N) is 1. The van der Waals surface area contributed by atoms with Gasteiger partial charge in [0.15, 0.2) is 0 Å². The maximum absolute atomic E-state index is 10.6. The van der Waals surface area contributed by atoms with Crippen molar-refractivity contribution in [3.05, 3.63) is 35.2 Å². The van der Waals surface area contributed by atoms with Gasteiger partial charge in [-0.05, 0) is 24.6 Å². The van der Waals surface area contributed by atoms with Crippen molar-refractivity contribution < 1.29 is 9.90 Å². The molecule has 0 aromatic carbocycles. The molecule has 0 unspecified atom stereocenters. The molecule has 0 saturated carbocycles. The molecule has 14 heavy (non-hydrogen) atoms. The van der Waals surface area contributed by atoms with Gasteiger partial charge in [-0.25, -0.2) is 4.79 Å². The van der Waals surface area contributed by atoms with Gasteiger partial charge in [0, 0.05) is 12.4 Å². The molecule has 72 valence electrons. The van der Waals surface area contributed by atoms with Crippen molar-refractivity contribution in [3.63, 3.8) is 0 Å². The lowest BCUT2D eigenvalue weighted by Crippen LogP contribution is -2.01. The predicted octanol–water partition coefficient (Wildman–Crippen LogP) is 1.51. The van der Waals surface area contributed by atoms with Crippen LogP contribution in [-0.4, -0.2) is 22.3 Å². The zero-order valence-electron chi connectivity index (χ0n) is 7.69. The van der Waals surface area contributed by atoms with Crippen LogP contribution in [0.5, 0.6) is 0 Å². The van der Waals surface area contributed by atoms with Crippen LogP contribution in [0.25, 0.3) is 6.08 Å². The molecular formula is C10H10N2O2. The van der Waals surface area contributed by atoms with Crippen molar-refractivity contribution in [2.45, 2.75) is 6.92 Å². The summed E-state index contributed by atoms with van der Waals surface area (Å²) in [5.41, 5.74) is 1.46.